The van der Waals surface area contributed by atoms with Crippen LogP contribution in [-0.4, -0.2) is 31.4 Å². The molecule has 0 saturated carbocycles. The quantitative estimate of drug-likeness (QED) is 0.0689. The van der Waals surface area contributed by atoms with E-state index >= 15 is 0 Å². The summed E-state index contributed by atoms with van der Waals surface area (Å²) in [6.07, 6.45) is 3.45. The van der Waals surface area contributed by atoms with Gasteiger partial charge in [0.1, 0.15) is 0 Å². The van der Waals surface area contributed by atoms with Gasteiger partial charge in [-0.1, -0.05) is 29.3 Å². The van der Waals surface area contributed by atoms with Gasteiger partial charge in [-0.25, -0.2) is 0 Å². The number of halogens is 1. The maximum atomic E-state index is 11.6. The Morgan fingerprint density at radius 2 is 1.09 bits per heavy atom. The van der Waals surface area contributed by atoms with Crippen LogP contribution in [0.4, 0.5) is 21.5 Å². The summed E-state index contributed by atoms with van der Waals surface area (Å²) in [6.45, 7) is 5.42. The molecule has 0 heterocycles. The molecule has 0 radical (unpaired) electrons. The van der Waals surface area contributed by atoms with Gasteiger partial charge in [0.2, 0.25) is 0 Å². The number of hydrogen-bond acceptors (Lipinski definition) is 16. The molecule has 1 aliphatic rings. The lowest BCUT2D eigenvalue weighted by Crippen LogP contribution is -2.25. The van der Waals surface area contributed by atoms with Gasteiger partial charge in [0.25, 0.3) is 22.8 Å². The number of nitro groups is 5. The summed E-state index contributed by atoms with van der Waals surface area (Å²) < 4.78 is 10.4. The first kappa shape index (κ1) is 54.1. The molecule has 4 rings (SSSR count). The molecule has 0 bridgehead atoms. The number of rotatable bonds is 17. The average Bonchev–Trinajstić information content (AvgIpc) is 3.30. The van der Waals surface area contributed by atoms with Crippen molar-refractivity contribution in [2.45, 2.75) is 65.7 Å². The van der Waals surface area contributed by atoms with E-state index in [-0.39, 0.29) is 73.3 Å². The Balaban J connectivity index is 0.000000610. The Kier molecular flexibility index (Phi) is 21.0. The summed E-state index contributed by atoms with van der Waals surface area (Å²) in [5, 5.41) is 111. The summed E-state index contributed by atoms with van der Waals surface area (Å²) in [5.41, 5.74) is 2.49. The summed E-state index contributed by atoms with van der Waals surface area (Å²) in [5.74, 6) is -4.69. The van der Waals surface area contributed by atoms with Crippen LogP contribution in [0.15, 0.2) is 72.4 Å². The van der Waals surface area contributed by atoms with Crippen LogP contribution in [-0.2, 0) is 0 Å². The molecule has 3 aromatic rings. The standard InChI is InChI=1S/C22H21N5O4.C22H19N5O4.CH2FNO2.H2/c2*1-14-3-5-21(26(28)29)19(8-14)17-4-6-22(27(30)31)20(10-17)18(13-25)9-16(12-24)7-15(2)11-23;2-1-3(4)5;/h3-6,8,15-16,18,20H,7,9-10H2,1-2H3;3-6,8,10,15-16,18H,7,9H2,1-2H3;1H2;1H/t15?,16?,18?,20-;;;/m0.../s1. The fourth-order valence-electron chi connectivity index (χ4n) is 7.25. The first-order chi connectivity index (χ1) is 31.7. The second-order valence-corrected chi connectivity index (χ2v) is 15.5. The monoisotopic (exact) mass is 917 g/mol. The summed E-state index contributed by atoms with van der Waals surface area (Å²) >= 11 is 0. The molecule has 1 aliphatic carbocycles. The highest BCUT2D eigenvalue weighted by Crippen LogP contribution is 2.42. The van der Waals surface area contributed by atoms with Gasteiger partial charge in [-0.15, -0.1) is 0 Å². The van der Waals surface area contributed by atoms with E-state index in [1.807, 2.05) is 12.1 Å². The molecule has 21 nitrogen and oxygen atoms in total. The molecule has 0 aliphatic heterocycles. The van der Waals surface area contributed by atoms with Gasteiger partial charge < -0.3 is 0 Å². The molecule has 0 fully saturated rings. The van der Waals surface area contributed by atoms with Crippen molar-refractivity contribution in [2.75, 3.05) is 6.80 Å². The van der Waals surface area contributed by atoms with Crippen LogP contribution in [0.5, 0.6) is 0 Å². The van der Waals surface area contributed by atoms with Gasteiger partial charge in [-0.3, -0.25) is 50.6 Å². The van der Waals surface area contributed by atoms with E-state index in [1.54, 1.807) is 52.0 Å². The highest BCUT2D eigenvalue weighted by molar-refractivity contribution is 5.77. The highest BCUT2D eigenvalue weighted by Gasteiger charge is 2.38. The van der Waals surface area contributed by atoms with Gasteiger partial charge in [0.05, 0.1) is 89.9 Å². The maximum Gasteiger partial charge on any atom is 0.340 e. The molecule has 67 heavy (non-hydrogen) atoms. The van der Waals surface area contributed by atoms with E-state index in [4.69, 9.17) is 20.6 Å². The predicted molar refractivity (Wildman–Crippen MR) is 238 cm³/mol. The van der Waals surface area contributed by atoms with E-state index < -0.39 is 66.9 Å². The van der Waals surface area contributed by atoms with Crippen molar-refractivity contribution >= 4 is 22.6 Å². The fraction of sp³-hybridized carbons (Fsp3) is 0.378. The third-order valence-electron chi connectivity index (χ3n) is 10.5. The van der Waals surface area contributed by atoms with Crippen LogP contribution >= 0.6 is 0 Å². The molecule has 0 N–H and O–H groups in total. The lowest BCUT2D eigenvalue weighted by molar-refractivity contribution is -0.505. The Morgan fingerprint density at radius 1 is 0.612 bits per heavy atom. The zero-order valence-electron chi connectivity index (χ0n) is 36.5. The van der Waals surface area contributed by atoms with Crippen molar-refractivity contribution in [1.29, 1.82) is 31.6 Å². The number of nitrogens with zero attached hydrogens (tertiary/aromatic N) is 11. The fourth-order valence-corrected chi connectivity index (χ4v) is 7.25. The van der Waals surface area contributed by atoms with Gasteiger partial charge in [0.15, 0.2) is 0 Å². The summed E-state index contributed by atoms with van der Waals surface area (Å²) in [6, 6.07) is 25.6. The minimum absolute atomic E-state index is 0. The summed E-state index contributed by atoms with van der Waals surface area (Å²) in [4.78, 5) is 51.7. The predicted octanol–water partition coefficient (Wildman–Crippen LogP) is 10.3. The van der Waals surface area contributed by atoms with E-state index in [2.05, 4.69) is 24.3 Å². The number of aryl methyl sites for hydroxylation is 2. The molecule has 0 spiro atoms. The van der Waals surface area contributed by atoms with Crippen LogP contribution in [0, 0.1) is 168 Å². The third kappa shape index (κ3) is 15.6. The normalized spacial score (nSPS) is 15.1. The van der Waals surface area contributed by atoms with Crippen molar-refractivity contribution in [1.82, 2.24) is 0 Å². The topological polar surface area (TPSA) is 358 Å². The van der Waals surface area contributed by atoms with E-state index in [1.165, 1.54) is 42.5 Å². The van der Waals surface area contributed by atoms with Gasteiger partial charge >= 0.3 is 6.80 Å². The Bertz CT molecular complexity index is 2710. The number of alkyl halides is 1. The van der Waals surface area contributed by atoms with Crippen LogP contribution in [0.3, 0.4) is 0 Å². The zero-order valence-corrected chi connectivity index (χ0v) is 36.5. The molecule has 0 saturated heterocycles. The number of nitro benzene ring substituents is 3. The minimum Gasteiger partial charge on any atom is -0.262 e. The summed E-state index contributed by atoms with van der Waals surface area (Å²) in [7, 11) is 0. The highest BCUT2D eigenvalue weighted by atomic mass is 19.1. The molecule has 7 atom stereocenters. The van der Waals surface area contributed by atoms with E-state index in [0.29, 0.717) is 16.7 Å². The largest absolute Gasteiger partial charge is 0.340 e. The van der Waals surface area contributed by atoms with Gasteiger partial charge in [-0.2, -0.15) is 36.0 Å². The number of hydrogen-bond donors (Lipinski definition) is 0. The third-order valence-corrected chi connectivity index (χ3v) is 10.5. The van der Waals surface area contributed by atoms with E-state index in [0.717, 1.165) is 11.1 Å². The second-order valence-electron chi connectivity index (χ2n) is 15.5. The Hall–Kier alpha value is -8.99. The van der Waals surface area contributed by atoms with Crippen molar-refractivity contribution in [3.8, 4) is 47.5 Å². The Morgan fingerprint density at radius 3 is 1.52 bits per heavy atom. The number of nitriles is 6. The molecule has 6 unspecified atom stereocenters. The van der Waals surface area contributed by atoms with Gasteiger partial charge in [-0.05, 0) is 95.2 Å². The number of benzene rings is 3. The van der Waals surface area contributed by atoms with Crippen molar-refractivity contribution in [2.24, 2.45) is 35.5 Å². The number of allylic oxidation sites excluding steroid dienone is 4. The van der Waals surface area contributed by atoms with Crippen LogP contribution in [0.2, 0.25) is 0 Å². The lowest BCUT2D eigenvalue weighted by Gasteiger charge is -2.25. The average molecular weight is 918 g/mol. The van der Waals surface area contributed by atoms with Gasteiger partial charge in [0, 0.05) is 54.9 Å². The maximum absolute atomic E-state index is 11.6. The van der Waals surface area contributed by atoms with Crippen molar-refractivity contribution in [3.63, 3.8) is 0 Å². The van der Waals surface area contributed by atoms with E-state index in [9.17, 15) is 65.9 Å². The van der Waals surface area contributed by atoms with Crippen LogP contribution in [0.25, 0.3) is 16.7 Å². The molecule has 0 aromatic heterocycles. The van der Waals surface area contributed by atoms with Crippen molar-refractivity contribution < 1.29 is 30.4 Å². The zero-order chi connectivity index (χ0) is 50.5. The van der Waals surface area contributed by atoms with Crippen molar-refractivity contribution in [3.05, 3.63) is 145 Å². The smallest absolute Gasteiger partial charge is 0.262 e. The Labute approximate surface area is 384 Å². The first-order valence-corrected chi connectivity index (χ1v) is 20.1. The molecular weight excluding hydrogens is 874 g/mol. The second kappa shape index (κ2) is 26.0. The lowest BCUT2D eigenvalue weighted by atomic mass is 9.75. The SMILES string of the molecule is Cc1ccc([N+](=O)[O-])c(-c2ccc([N+](=O)[O-])c(C(C#N)CC(C#N)CC(C)C#N)c2)c1.Cc1ccc([N+](=O)[O-])c(C2=CC=C([N+](=O)[O-])[C@H](C(C#N)CC(C#N)CC(C)C#N)C2)c1.O=[N+]([O-])CF.[HH]. The molecule has 0 amide bonds. The minimum atomic E-state index is -1.47. The molecule has 3 aromatic carbocycles. The first-order valence-electron chi connectivity index (χ1n) is 20.1. The molecule has 346 valence electrons. The van der Waals surface area contributed by atoms with Crippen LogP contribution in [0.1, 0.15) is 75.5 Å². The van der Waals surface area contributed by atoms with Crippen LogP contribution < -0.4 is 0 Å². The molecular formula is C45H44FN11O10. The molecule has 22 heteroatoms.